The van der Waals surface area contributed by atoms with Gasteiger partial charge in [-0.25, -0.2) is 19.9 Å². The molecule has 4 heterocycles. The molecule has 4 rings (SSSR count). The molecule has 27 heavy (non-hydrogen) atoms. The van der Waals surface area contributed by atoms with Gasteiger partial charge in [-0.3, -0.25) is 9.78 Å². The van der Waals surface area contributed by atoms with Crippen molar-refractivity contribution >= 4 is 17.7 Å². The fourth-order valence-electron chi connectivity index (χ4n) is 3.23. The highest BCUT2D eigenvalue weighted by Crippen LogP contribution is 2.27. The lowest BCUT2D eigenvalue weighted by Crippen LogP contribution is -2.39. The first-order valence-corrected chi connectivity index (χ1v) is 8.83. The summed E-state index contributed by atoms with van der Waals surface area (Å²) >= 11 is 0. The number of nitrogens with zero attached hydrogens (tertiary/aromatic N) is 7. The molecule has 9 heteroatoms. The van der Waals surface area contributed by atoms with E-state index in [1.54, 1.807) is 41.7 Å². The molecule has 1 saturated heterocycles. The predicted molar refractivity (Wildman–Crippen MR) is 98.4 cm³/mol. The average molecular weight is 364 g/mol. The lowest BCUT2D eigenvalue weighted by molar-refractivity contribution is 0.0696. The first-order valence-electron chi connectivity index (χ1n) is 8.83. The van der Waals surface area contributed by atoms with Crippen molar-refractivity contribution in [3.8, 4) is 0 Å². The number of likely N-dealkylation sites (tertiary alicyclic amines) is 1. The first kappa shape index (κ1) is 17.1. The fourth-order valence-corrected chi connectivity index (χ4v) is 3.23. The van der Waals surface area contributed by atoms with Gasteiger partial charge in [0.05, 0.1) is 6.20 Å². The molecule has 0 aromatic carbocycles. The molecular weight excluding hydrogens is 344 g/mol. The van der Waals surface area contributed by atoms with Crippen LogP contribution in [-0.2, 0) is 7.05 Å². The second-order valence-electron chi connectivity index (χ2n) is 6.45. The van der Waals surface area contributed by atoms with Crippen LogP contribution in [0.1, 0.15) is 35.1 Å². The number of carbonyl (C=O) groups excluding carboxylic acids is 1. The highest BCUT2D eigenvalue weighted by Gasteiger charge is 2.27. The molecule has 1 amide bonds. The molecule has 9 nitrogen and oxygen atoms in total. The second kappa shape index (κ2) is 7.48. The number of rotatable bonds is 4. The summed E-state index contributed by atoms with van der Waals surface area (Å²) in [7, 11) is 1.83. The van der Waals surface area contributed by atoms with Gasteiger partial charge in [-0.15, -0.1) is 0 Å². The minimum atomic E-state index is -0.0198. The van der Waals surface area contributed by atoms with Gasteiger partial charge in [0.1, 0.15) is 0 Å². The van der Waals surface area contributed by atoms with Crippen LogP contribution in [0.15, 0.2) is 43.2 Å². The molecule has 0 unspecified atom stereocenters. The Hall–Kier alpha value is -3.36. The van der Waals surface area contributed by atoms with Gasteiger partial charge in [0, 0.05) is 62.7 Å². The zero-order valence-electron chi connectivity index (χ0n) is 15.0. The number of carbonyl (C=O) groups is 1. The molecule has 0 saturated carbocycles. The summed E-state index contributed by atoms with van der Waals surface area (Å²) in [5.74, 6) is 1.85. The van der Waals surface area contributed by atoms with Crippen molar-refractivity contribution in [1.29, 1.82) is 0 Å². The lowest BCUT2D eigenvalue weighted by atomic mass is 9.93. The normalized spacial score (nSPS) is 14.9. The number of aromatic nitrogens is 6. The van der Waals surface area contributed by atoms with Crippen LogP contribution < -0.4 is 5.32 Å². The number of amides is 1. The Labute approximate surface area is 156 Å². The number of anilines is 2. The molecule has 3 aromatic heterocycles. The van der Waals surface area contributed by atoms with E-state index in [1.165, 1.54) is 0 Å². The summed E-state index contributed by atoms with van der Waals surface area (Å²) in [5, 5.41) is 3.06. The second-order valence-corrected chi connectivity index (χ2v) is 6.45. The summed E-state index contributed by atoms with van der Waals surface area (Å²) in [6.07, 6.45) is 11.7. The van der Waals surface area contributed by atoms with Gasteiger partial charge in [0.15, 0.2) is 11.6 Å². The summed E-state index contributed by atoms with van der Waals surface area (Å²) < 4.78 is 1.75. The number of imidazole rings is 1. The Morgan fingerprint density at radius 3 is 2.67 bits per heavy atom. The topological polar surface area (TPSA) is 102 Å². The molecule has 138 valence electrons. The SMILES string of the molecule is Cn1ccnc1C(=O)N1CCC(c2ccnc(Nc3cnccn3)n2)CC1. The van der Waals surface area contributed by atoms with E-state index in [0.717, 1.165) is 18.5 Å². The molecule has 0 aliphatic carbocycles. The third-order valence-corrected chi connectivity index (χ3v) is 4.69. The van der Waals surface area contributed by atoms with Gasteiger partial charge in [-0.05, 0) is 18.9 Å². The Morgan fingerprint density at radius 1 is 1.11 bits per heavy atom. The Balaban J connectivity index is 1.40. The number of aryl methyl sites for hydroxylation is 1. The summed E-state index contributed by atoms with van der Waals surface area (Å²) in [6, 6.07) is 1.93. The van der Waals surface area contributed by atoms with Crippen molar-refractivity contribution in [2.75, 3.05) is 18.4 Å². The van der Waals surface area contributed by atoms with Crippen molar-refractivity contribution < 1.29 is 4.79 Å². The molecule has 1 aliphatic heterocycles. The van der Waals surface area contributed by atoms with Gasteiger partial charge in [-0.1, -0.05) is 0 Å². The molecule has 1 fully saturated rings. The minimum Gasteiger partial charge on any atom is -0.336 e. The van der Waals surface area contributed by atoms with E-state index in [1.807, 2.05) is 18.0 Å². The van der Waals surface area contributed by atoms with Crippen LogP contribution in [0.4, 0.5) is 11.8 Å². The average Bonchev–Trinajstić information content (AvgIpc) is 3.14. The van der Waals surface area contributed by atoms with Crippen LogP contribution in [0.25, 0.3) is 0 Å². The molecule has 0 spiro atoms. The largest absolute Gasteiger partial charge is 0.336 e. The van der Waals surface area contributed by atoms with Gasteiger partial charge in [-0.2, -0.15) is 0 Å². The summed E-state index contributed by atoms with van der Waals surface area (Å²) in [5.41, 5.74) is 0.973. The maximum Gasteiger partial charge on any atom is 0.289 e. The monoisotopic (exact) mass is 364 g/mol. The van der Waals surface area contributed by atoms with Crippen molar-refractivity contribution in [1.82, 2.24) is 34.4 Å². The van der Waals surface area contributed by atoms with Crippen molar-refractivity contribution in [2.24, 2.45) is 7.05 Å². The smallest absolute Gasteiger partial charge is 0.289 e. The highest BCUT2D eigenvalue weighted by atomic mass is 16.2. The first-order chi connectivity index (χ1) is 13.2. The van der Waals surface area contributed by atoms with E-state index in [9.17, 15) is 4.79 Å². The van der Waals surface area contributed by atoms with Crippen LogP contribution in [0, 0.1) is 0 Å². The standard InChI is InChI=1S/C18H20N8O/c1-25-11-8-21-16(25)17(27)26-9-3-13(4-10-26)14-2-5-22-18(23-14)24-15-12-19-6-7-20-15/h2,5-8,11-13H,3-4,9-10H2,1H3,(H,20,22,23,24). The van der Waals surface area contributed by atoms with E-state index in [4.69, 9.17) is 0 Å². The van der Waals surface area contributed by atoms with Crippen LogP contribution in [0.2, 0.25) is 0 Å². The van der Waals surface area contributed by atoms with Gasteiger partial charge in [0.2, 0.25) is 5.95 Å². The van der Waals surface area contributed by atoms with Crippen molar-refractivity contribution in [2.45, 2.75) is 18.8 Å². The number of hydrogen-bond acceptors (Lipinski definition) is 7. The highest BCUT2D eigenvalue weighted by molar-refractivity contribution is 5.90. The maximum absolute atomic E-state index is 12.6. The summed E-state index contributed by atoms with van der Waals surface area (Å²) in [6.45, 7) is 1.38. The molecule has 3 aromatic rings. The Morgan fingerprint density at radius 2 is 1.96 bits per heavy atom. The van der Waals surface area contributed by atoms with Crippen LogP contribution in [-0.4, -0.2) is 53.4 Å². The molecule has 0 radical (unpaired) electrons. The van der Waals surface area contributed by atoms with Crippen molar-refractivity contribution in [3.05, 3.63) is 54.8 Å². The van der Waals surface area contributed by atoms with E-state index in [0.29, 0.717) is 36.6 Å². The maximum atomic E-state index is 12.6. The van der Waals surface area contributed by atoms with Gasteiger partial charge < -0.3 is 14.8 Å². The molecule has 1 aliphatic rings. The van der Waals surface area contributed by atoms with Crippen LogP contribution in [0.5, 0.6) is 0 Å². The third-order valence-electron chi connectivity index (χ3n) is 4.69. The van der Waals surface area contributed by atoms with E-state index in [-0.39, 0.29) is 5.91 Å². The third kappa shape index (κ3) is 3.76. The number of nitrogens with one attached hydrogen (secondary N) is 1. The van der Waals surface area contributed by atoms with Crippen LogP contribution in [0.3, 0.4) is 0 Å². The lowest BCUT2D eigenvalue weighted by Gasteiger charge is -2.31. The van der Waals surface area contributed by atoms with E-state index < -0.39 is 0 Å². The number of piperidine rings is 1. The zero-order valence-corrected chi connectivity index (χ0v) is 15.0. The minimum absolute atomic E-state index is 0.0198. The predicted octanol–water partition coefficient (Wildman–Crippen LogP) is 1.76. The molecule has 0 atom stereocenters. The quantitative estimate of drug-likeness (QED) is 0.752. The van der Waals surface area contributed by atoms with Gasteiger partial charge in [0.25, 0.3) is 5.91 Å². The van der Waals surface area contributed by atoms with Crippen LogP contribution >= 0.6 is 0 Å². The molecule has 0 bridgehead atoms. The van der Waals surface area contributed by atoms with Gasteiger partial charge >= 0.3 is 0 Å². The number of hydrogen-bond donors (Lipinski definition) is 1. The fraction of sp³-hybridized carbons (Fsp3) is 0.333. The zero-order chi connectivity index (χ0) is 18.6. The molecular formula is C18H20N8O. The van der Waals surface area contributed by atoms with E-state index in [2.05, 4.69) is 30.2 Å². The van der Waals surface area contributed by atoms with Crippen molar-refractivity contribution in [3.63, 3.8) is 0 Å². The Bertz CT molecular complexity index is 918. The summed E-state index contributed by atoms with van der Waals surface area (Å²) in [4.78, 5) is 35.6. The Kier molecular flexibility index (Phi) is 4.73. The molecule has 1 N–H and O–H groups in total. The van der Waals surface area contributed by atoms with E-state index >= 15 is 0 Å².